The second-order valence-corrected chi connectivity index (χ2v) is 13.0. The molecule has 0 unspecified atom stereocenters. The Labute approximate surface area is 307 Å². The first-order chi connectivity index (χ1) is 25.9. The number of halogens is 2. The minimum atomic E-state index is -0.861. The number of carbonyl (C=O) groups excluding carboxylic acids is 1. The van der Waals surface area contributed by atoms with Gasteiger partial charge in [-0.05, 0) is 86.9 Å². The van der Waals surface area contributed by atoms with Crippen molar-refractivity contribution in [2.24, 2.45) is 0 Å². The number of hydrogen-bond donors (Lipinski definition) is 2. The molecule has 4 heterocycles. The quantitative estimate of drug-likeness (QED) is 0.130. The Hall–Kier alpha value is -5.88. The fourth-order valence-corrected chi connectivity index (χ4v) is 7.08. The lowest BCUT2D eigenvalue weighted by Crippen LogP contribution is -2.45. The first kappa shape index (κ1) is 35.5. The molecular weight excluding hydrogens is 675 g/mol. The van der Waals surface area contributed by atoms with Crippen molar-refractivity contribution in [2.45, 2.75) is 39.2 Å². The van der Waals surface area contributed by atoms with Gasteiger partial charge in [-0.2, -0.15) is 0 Å². The maximum atomic E-state index is 14.3. The third kappa shape index (κ3) is 7.54. The highest BCUT2D eigenvalue weighted by Gasteiger charge is 2.25. The van der Waals surface area contributed by atoms with Gasteiger partial charge in [-0.1, -0.05) is 38.1 Å². The number of nitrogens with zero attached hydrogens (tertiary/aromatic N) is 6. The molecule has 1 saturated heterocycles. The second-order valence-electron chi connectivity index (χ2n) is 13.0. The Morgan fingerprint density at radius 1 is 0.943 bits per heavy atom. The largest absolute Gasteiger partial charge is 0.494 e. The van der Waals surface area contributed by atoms with Gasteiger partial charge in [-0.3, -0.25) is 9.20 Å². The number of ether oxygens (including phenoxy) is 1. The van der Waals surface area contributed by atoms with Gasteiger partial charge in [-0.25, -0.2) is 23.7 Å². The molecule has 1 aliphatic heterocycles. The summed E-state index contributed by atoms with van der Waals surface area (Å²) in [5, 5.41) is 5.71. The monoisotopic (exact) mass is 716 g/mol. The predicted octanol–water partition coefficient (Wildman–Crippen LogP) is 8.44. The molecule has 2 N–H and O–H groups in total. The van der Waals surface area contributed by atoms with Gasteiger partial charge in [0.05, 0.1) is 29.9 Å². The third-order valence-electron chi connectivity index (χ3n) is 9.72. The van der Waals surface area contributed by atoms with Crippen LogP contribution < -0.4 is 20.3 Å². The Balaban J connectivity index is 1.15. The molecule has 1 amide bonds. The van der Waals surface area contributed by atoms with Crippen LogP contribution in [0, 0.1) is 11.6 Å². The van der Waals surface area contributed by atoms with E-state index in [1.54, 1.807) is 37.6 Å². The average molecular weight is 717 g/mol. The number of benzene rings is 3. The van der Waals surface area contributed by atoms with E-state index in [-0.39, 0.29) is 5.56 Å². The van der Waals surface area contributed by atoms with Crippen LogP contribution in [0.5, 0.6) is 5.75 Å². The number of piperidine rings is 1. The summed E-state index contributed by atoms with van der Waals surface area (Å²) in [5.74, 6) is -1.34. The smallest absolute Gasteiger partial charge is 0.255 e. The minimum absolute atomic E-state index is 0.206. The van der Waals surface area contributed by atoms with E-state index in [4.69, 9.17) is 14.7 Å². The van der Waals surface area contributed by atoms with Crippen LogP contribution in [-0.2, 0) is 0 Å². The highest BCUT2D eigenvalue weighted by Crippen LogP contribution is 2.35. The molecule has 3 aromatic heterocycles. The lowest BCUT2D eigenvalue weighted by molar-refractivity contribution is 0.102. The molecule has 53 heavy (non-hydrogen) atoms. The van der Waals surface area contributed by atoms with Gasteiger partial charge < -0.3 is 25.2 Å². The summed E-state index contributed by atoms with van der Waals surface area (Å²) < 4.78 is 36.4. The number of imidazole rings is 1. The molecule has 10 nitrogen and oxygen atoms in total. The zero-order chi connectivity index (χ0) is 36.9. The van der Waals surface area contributed by atoms with Crippen molar-refractivity contribution < 1.29 is 18.3 Å². The molecule has 272 valence electrons. The molecule has 7 rings (SSSR count). The first-order valence-corrected chi connectivity index (χ1v) is 18.0. The van der Waals surface area contributed by atoms with Gasteiger partial charge in [0.2, 0.25) is 5.95 Å². The Kier molecular flexibility index (Phi) is 10.6. The summed E-state index contributed by atoms with van der Waals surface area (Å²) >= 11 is 0. The maximum absolute atomic E-state index is 14.3. The number of fused-ring (bicyclic) bond motifs is 1. The van der Waals surface area contributed by atoms with Crippen LogP contribution in [0.1, 0.15) is 43.5 Å². The Morgan fingerprint density at radius 3 is 2.49 bits per heavy atom. The van der Waals surface area contributed by atoms with Crippen LogP contribution in [0.2, 0.25) is 0 Å². The fraction of sp³-hybridized carbons (Fsp3) is 0.268. The summed E-state index contributed by atoms with van der Waals surface area (Å²) in [6, 6.07) is 24.4. The summed E-state index contributed by atoms with van der Waals surface area (Å²) in [6.45, 7) is 8.70. The summed E-state index contributed by atoms with van der Waals surface area (Å²) in [4.78, 5) is 32.5. The van der Waals surface area contributed by atoms with Crippen molar-refractivity contribution in [3.8, 4) is 28.4 Å². The van der Waals surface area contributed by atoms with Crippen molar-refractivity contribution in [3.63, 3.8) is 0 Å². The van der Waals surface area contributed by atoms with Crippen molar-refractivity contribution >= 4 is 34.6 Å². The molecule has 0 radical (unpaired) electrons. The van der Waals surface area contributed by atoms with E-state index in [1.165, 1.54) is 12.5 Å². The van der Waals surface area contributed by atoms with Gasteiger partial charge in [0.25, 0.3) is 5.91 Å². The van der Waals surface area contributed by atoms with Crippen molar-refractivity contribution in [2.75, 3.05) is 48.8 Å². The van der Waals surface area contributed by atoms with Gasteiger partial charge in [0.1, 0.15) is 28.7 Å². The lowest BCUT2D eigenvalue weighted by atomic mass is 10.0. The van der Waals surface area contributed by atoms with E-state index < -0.39 is 23.2 Å². The number of nitrogens with one attached hydrogen (secondary N) is 2. The van der Waals surface area contributed by atoms with Crippen LogP contribution in [0.4, 0.5) is 31.8 Å². The topological polar surface area (TPSA) is 99.9 Å². The Bertz CT molecular complexity index is 2210. The highest BCUT2D eigenvalue weighted by molar-refractivity contribution is 6.05. The number of pyridine rings is 1. The molecular formula is C41H42F2N8O2. The molecule has 0 saturated carbocycles. The van der Waals surface area contributed by atoms with Crippen LogP contribution in [0.3, 0.4) is 0 Å². The number of hydrogen-bond acceptors (Lipinski definition) is 8. The molecule has 0 bridgehead atoms. The summed E-state index contributed by atoms with van der Waals surface area (Å²) in [7, 11) is 1.66. The van der Waals surface area contributed by atoms with Crippen LogP contribution in [0.15, 0.2) is 97.3 Å². The predicted molar refractivity (Wildman–Crippen MR) is 205 cm³/mol. The normalized spacial score (nSPS) is 13.4. The van der Waals surface area contributed by atoms with E-state index in [2.05, 4.69) is 51.4 Å². The molecule has 1 fully saturated rings. The standard InChI is InChI=1S/C41H42F2N8O2/c1-4-21-49(5-2)29-18-23-50(24-19-29)30-15-16-33(35(26-30)53-3)45-41-44-20-17-34(46-41)39-37(47-36-14-6-7-22-51(36)39)27-10-8-11-28(25-27)40(52)48-38-31(42)12-9-13-32(38)43/h6-17,20,22,25-26,29H,4-5,18-19,21,23-24H2,1-3H3,(H,48,52)(H,44,45,46). The molecule has 0 atom stereocenters. The SMILES string of the molecule is CCCN(CC)C1CCN(c2ccc(Nc3nccc(-c4c(-c5cccc(C(=O)Nc6c(F)cccc6F)c5)nc5ccccn45)n3)c(OC)c2)CC1. The molecule has 0 spiro atoms. The number of carbonyl (C=O) groups is 1. The number of anilines is 4. The average Bonchev–Trinajstić information content (AvgIpc) is 3.59. The van der Waals surface area contributed by atoms with Gasteiger partial charge in [0.15, 0.2) is 0 Å². The summed E-state index contributed by atoms with van der Waals surface area (Å²) in [6.07, 6.45) is 7.00. The zero-order valence-electron chi connectivity index (χ0n) is 30.0. The Morgan fingerprint density at radius 2 is 1.74 bits per heavy atom. The second kappa shape index (κ2) is 15.8. The number of para-hydroxylation sites is 1. The van der Waals surface area contributed by atoms with Gasteiger partial charge >= 0.3 is 0 Å². The number of amides is 1. The van der Waals surface area contributed by atoms with Gasteiger partial charge in [0, 0.05) is 54.4 Å². The number of aromatic nitrogens is 4. The maximum Gasteiger partial charge on any atom is 0.255 e. The lowest BCUT2D eigenvalue weighted by Gasteiger charge is -2.39. The molecule has 12 heteroatoms. The highest BCUT2D eigenvalue weighted by atomic mass is 19.1. The molecule has 0 aliphatic carbocycles. The van der Waals surface area contributed by atoms with E-state index in [0.29, 0.717) is 46.0 Å². The zero-order valence-corrected chi connectivity index (χ0v) is 30.0. The first-order valence-electron chi connectivity index (χ1n) is 18.0. The van der Waals surface area contributed by atoms with E-state index in [1.807, 2.05) is 40.9 Å². The number of methoxy groups -OCH3 is 1. The van der Waals surface area contributed by atoms with E-state index >= 15 is 0 Å². The third-order valence-corrected chi connectivity index (χ3v) is 9.72. The fourth-order valence-electron chi connectivity index (χ4n) is 7.08. The molecule has 1 aliphatic rings. The van der Waals surface area contributed by atoms with Gasteiger partial charge in [-0.15, -0.1) is 0 Å². The number of rotatable bonds is 12. The van der Waals surface area contributed by atoms with Crippen LogP contribution in [0.25, 0.3) is 28.3 Å². The van der Waals surface area contributed by atoms with Crippen LogP contribution in [-0.4, -0.2) is 69.5 Å². The van der Waals surface area contributed by atoms with Crippen molar-refractivity contribution in [1.82, 2.24) is 24.3 Å². The van der Waals surface area contributed by atoms with E-state index in [0.717, 1.165) is 62.5 Å². The van der Waals surface area contributed by atoms with Crippen molar-refractivity contribution in [3.05, 3.63) is 115 Å². The van der Waals surface area contributed by atoms with E-state index in [9.17, 15) is 13.6 Å². The minimum Gasteiger partial charge on any atom is -0.494 e. The molecule has 6 aromatic rings. The van der Waals surface area contributed by atoms with Crippen LogP contribution >= 0.6 is 0 Å². The molecule has 3 aromatic carbocycles. The summed E-state index contributed by atoms with van der Waals surface area (Å²) in [5.41, 5.74) is 4.66. The van der Waals surface area contributed by atoms with Crippen molar-refractivity contribution in [1.29, 1.82) is 0 Å².